The second-order valence-corrected chi connectivity index (χ2v) is 11.5. The maximum atomic E-state index is 12.9. The Bertz CT molecular complexity index is 999. The van der Waals surface area contributed by atoms with Gasteiger partial charge >= 0.3 is 0 Å². The molecule has 0 bridgehead atoms. The summed E-state index contributed by atoms with van der Waals surface area (Å²) >= 11 is 1.28. The highest BCUT2D eigenvalue weighted by atomic mass is 32.2. The second-order valence-electron chi connectivity index (χ2n) is 8.00. The molecule has 2 aliphatic heterocycles. The van der Waals surface area contributed by atoms with Crippen LogP contribution < -0.4 is 10.2 Å². The number of nitrogens with one attached hydrogen (secondary N) is 1. The number of hydrogen-bond donors (Lipinski definition) is 1. The van der Waals surface area contributed by atoms with Crippen molar-refractivity contribution in [1.29, 1.82) is 0 Å². The number of carbonyl (C=O) groups is 1. The lowest BCUT2D eigenvalue weighted by molar-refractivity contribution is -0.126. The number of nitrogens with zero attached hydrogens (tertiary/aromatic N) is 3. The van der Waals surface area contributed by atoms with Crippen molar-refractivity contribution >= 4 is 33.1 Å². The molecule has 0 unspecified atom stereocenters. The van der Waals surface area contributed by atoms with Gasteiger partial charge in [0.25, 0.3) is 10.0 Å². The lowest BCUT2D eigenvalue weighted by atomic mass is 9.99. The van der Waals surface area contributed by atoms with Gasteiger partial charge in [-0.1, -0.05) is 0 Å². The van der Waals surface area contributed by atoms with Crippen LogP contribution in [0, 0.1) is 12.8 Å². The summed E-state index contributed by atoms with van der Waals surface area (Å²) < 4.78 is 27.6. The fraction of sp³-hybridized carbons (Fsp3) is 0.524. The summed E-state index contributed by atoms with van der Waals surface area (Å²) in [6.45, 7) is 5.07. The Hall–Kier alpha value is -1.97. The van der Waals surface area contributed by atoms with Crippen LogP contribution in [0.3, 0.4) is 0 Å². The predicted molar refractivity (Wildman–Crippen MR) is 118 cm³/mol. The van der Waals surface area contributed by atoms with Gasteiger partial charge in [-0.15, -0.1) is 11.3 Å². The number of hydrogen-bond acceptors (Lipinski definition) is 6. The first-order valence-corrected chi connectivity index (χ1v) is 12.7. The minimum Gasteiger partial charge on any atom is -0.357 e. The zero-order valence-corrected chi connectivity index (χ0v) is 18.8. The van der Waals surface area contributed by atoms with Crippen molar-refractivity contribution in [2.45, 2.75) is 43.4 Å². The lowest BCUT2D eigenvalue weighted by Crippen LogP contribution is -2.45. The third-order valence-electron chi connectivity index (χ3n) is 5.77. The van der Waals surface area contributed by atoms with Gasteiger partial charge in [0, 0.05) is 43.8 Å². The summed E-state index contributed by atoms with van der Waals surface area (Å²) in [5.41, 5.74) is 1.01. The molecule has 2 aromatic heterocycles. The predicted octanol–water partition coefficient (Wildman–Crippen LogP) is 2.77. The maximum Gasteiger partial charge on any atom is 0.252 e. The molecule has 30 heavy (non-hydrogen) atoms. The smallest absolute Gasteiger partial charge is 0.252 e. The molecule has 2 saturated heterocycles. The number of aromatic nitrogens is 1. The van der Waals surface area contributed by atoms with Crippen molar-refractivity contribution in [1.82, 2.24) is 14.6 Å². The number of pyridine rings is 1. The monoisotopic (exact) mass is 448 g/mol. The summed E-state index contributed by atoms with van der Waals surface area (Å²) in [6.07, 6.45) is 5.56. The largest absolute Gasteiger partial charge is 0.357 e. The van der Waals surface area contributed by atoms with E-state index in [4.69, 9.17) is 0 Å². The van der Waals surface area contributed by atoms with E-state index in [1.54, 1.807) is 12.3 Å². The van der Waals surface area contributed by atoms with Gasteiger partial charge in [-0.25, -0.2) is 13.4 Å². The molecule has 4 heterocycles. The van der Waals surface area contributed by atoms with Gasteiger partial charge in [-0.05, 0) is 62.4 Å². The van der Waals surface area contributed by atoms with Crippen molar-refractivity contribution in [2.75, 3.05) is 31.1 Å². The van der Waals surface area contributed by atoms with Crippen molar-refractivity contribution in [3.8, 4) is 0 Å². The van der Waals surface area contributed by atoms with E-state index in [1.807, 2.05) is 25.1 Å². The van der Waals surface area contributed by atoms with Crippen LogP contribution in [0.4, 0.5) is 5.82 Å². The van der Waals surface area contributed by atoms with E-state index in [0.29, 0.717) is 30.1 Å². The zero-order chi connectivity index (χ0) is 21.1. The molecule has 2 fully saturated rings. The van der Waals surface area contributed by atoms with Crippen molar-refractivity contribution in [3.63, 3.8) is 0 Å². The molecule has 162 valence electrons. The first-order chi connectivity index (χ1) is 14.4. The van der Waals surface area contributed by atoms with E-state index in [0.717, 1.165) is 29.3 Å². The highest BCUT2D eigenvalue weighted by Crippen LogP contribution is 2.28. The third-order valence-corrected chi connectivity index (χ3v) is 9.10. The number of sulfonamides is 1. The number of thiophene rings is 1. The van der Waals surface area contributed by atoms with Crippen LogP contribution in [-0.4, -0.2) is 49.8 Å². The number of piperidine rings is 1. The highest BCUT2D eigenvalue weighted by molar-refractivity contribution is 7.91. The number of anilines is 1. The van der Waals surface area contributed by atoms with Crippen molar-refractivity contribution < 1.29 is 13.2 Å². The summed E-state index contributed by atoms with van der Waals surface area (Å²) in [4.78, 5) is 20.4. The van der Waals surface area contributed by atoms with Gasteiger partial charge in [0.15, 0.2) is 0 Å². The molecule has 0 spiro atoms. The van der Waals surface area contributed by atoms with Crippen LogP contribution >= 0.6 is 11.3 Å². The average molecular weight is 449 g/mol. The molecular formula is C21H28N4O3S2. The Labute approximate surface area is 182 Å². The van der Waals surface area contributed by atoms with Crippen LogP contribution in [0.25, 0.3) is 0 Å². The third kappa shape index (κ3) is 4.68. The molecule has 0 saturated carbocycles. The fourth-order valence-electron chi connectivity index (χ4n) is 4.08. The van der Waals surface area contributed by atoms with Gasteiger partial charge < -0.3 is 10.2 Å². The summed E-state index contributed by atoms with van der Waals surface area (Å²) in [5, 5.41) is 3.00. The molecule has 0 aliphatic carbocycles. The number of rotatable bonds is 6. The zero-order valence-electron chi connectivity index (χ0n) is 17.2. The van der Waals surface area contributed by atoms with Crippen LogP contribution in [0.2, 0.25) is 0 Å². The molecule has 1 N–H and O–H groups in total. The van der Waals surface area contributed by atoms with Crippen LogP contribution in [0.15, 0.2) is 34.7 Å². The van der Waals surface area contributed by atoms with Crippen LogP contribution in [0.1, 0.15) is 36.1 Å². The van der Waals surface area contributed by atoms with Gasteiger partial charge in [-0.3, -0.25) is 4.79 Å². The molecule has 1 amide bonds. The van der Waals surface area contributed by atoms with E-state index in [9.17, 15) is 13.2 Å². The molecule has 1 atom stereocenters. The van der Waals surface area contributed by atoms with Gasteiger partial charge in [-0.2, -0.15) is 4.31 Å². The number of amides is 1. The Kier molecular flexibility index (Phi) is 6.40. The number of aryl methyl sites for hydroxylation is 1. The number of carbonyl (C=O) groups excluding carboxylic acids is 1. The quantitative estimate of drug-likeness (QED) is 0.735. The minimum atomic E-state index is -3.53. The van der Waals surface area contributed by atoms with Crippen molar-refractivity contribution in [3.05, 3.63) is 40.9 Å². The standard InChI is InChI=1S/C21H28N4O3S2/c1-16-6-7-20(29-16)30(27,28)25-12-4-5-18(15-25)21(26)23-14-17-8-9-22-19(13-17)24-10-2-3-11-24/h6-9,13,18H,2-5,10-12,14-15H2,1H3,(H,23,26)/t18-/m1/s1. The Morgan fingerprint density at radius 3 is 2.73 bits per heavy atom. The first kappa shape index (κ1) is 21.3. The fourth-order valence-corrected chi connectivity index (χ4v) is 7.04. The summed E-state index contributed by atoms with van der Waals surface area (Å²) in [7, 11) is -3.53. The highest BCUT2D eigenvalue weighted by Gasteiger charge is 2.33. The van der Waals surface area contributed by atoms with E-state index in [2.05, 4.69) is 15.2 Å². The first-order valence-electron chi connectivity index (χ1n) is 10.5. The Balaban J connectivity index is 1.36. The molecule has 0 radical (unpaired) electrons. The van der Waals surface area contributed by atoms with Gasteiger partial charge in [0.05, 0.1) is 5.92 Å². The summed E-state index contributed by atoms with van der Waals surface area (Å²) in [6, 6.07) is 7.41. The minimum absolute atomic E-state index is 0.0863. The van der Waals surface area contributed by atoms with E-state index >= 15 is 0 Å². The molecule has 0 aromatic carbocycles. The van der Waals surface area contributed by atoms with Gasteiger partial charge in [0.1, 0.15) is 10.0 Å². The molecule has 2 aliphatic rings. The molecular weight excluding hydrogens is 420 g/mol. The van der Waals surface area contributed by atoms with Crippen LogP contribution in [-0.2, 0) is 21.4 Å². The SMILES string of the molecule is Cc1ccc(S(=O)(=O)N2CCC[C@@H](C(=O)NCc3ccnc(N4CCCC4)c3)C2)s1. The van der Waals surface area contributed by atoms with E-state index in [-0.39, 0.29) is 18.4 Å². The summed E-state index contributed by atoms with van der Waals surface area (Å²) in [5.74, 6) is 0.548. The van der Waals surface area contributed by atoms with Crippen molar-refractivity contribution in [2.24, 2.45) is 5.92 Å². The van der Waals surface area contributed by atoms with Crippen LogP contribution in [0.5, 0.6) is 0 Å². The second kappa shape index (κ2) is 9.03. The topological polar surface area (TPSA) is 82.6 Å². The average Bonchev–Trinajstić information content (AvgIpc) is 3.45. The molecule has 9 heteroatoms. The lowest BCUT2D eigenvalue weighted by Gasteiger charge is -2.30. The van der Waals surface area contributed by atoms with E-state index < -0.39 is 10.0 Å². The molecule has 7 nitrogen and oxygen atoms in total. The Morgan fingerprint density at radius 1 is 1.20 bits per heavy atom. The normalized spacial score (nSPS) is 20.4. The van der Waals surface area contributed by atoms with E-state index in [1.165, 1.54) is 28.5 Å². The maximum absolute atomic E-state index is 12.9. The Morgan fingerprint density at radius 2 is 2.00 bits per heavy atom. The molecule has 4 rings (SSSR count). The van der Waals surface area contributed by atoms with Gasteiger partial charge in [0.2, 0.25) is 5.91 Å². The molecule has 2 aromatic rings.